The molecule has 0 aliphatic heterocycles. The topological polar surface area (TPSA) is 26.3 Å². The summed E-state index contributed by atoms with van der Waals surface area (Å²) in [4.78, 5) is 12.0. The molecule has 0 aromatic heterocycles. The van der Waals surface area contributed by atoms with Crippen molar-refractivity contribution in [2.24, 2.45) is 0 Å². The van der Waals surface area contributed by atoms with Crippen LogP contribution in [0.1, 0.15) is 44.6 Å². The Morgan fingerprint density at radius 1 is 1.32 bits per heavy atom. The number of allylic oxidation sites excluding steroid dienone is 2. The van der Waals surface area contributed by atoms with Crippen molar-refractivity contribution < 1.29 is 13.9 Å². The van der Waals surface area contributed by atoms with Gasteiger partial charge in [-0.1, -0.05) is 25.0 Å². The Hall–Kier alpha value is -1.64. The van der Waals surface area contributed by atoms with E-state index in [1.807, 2.05) is 0 Å². The fraction of sp³-hybridized carbons (Fsp3) is 0.438. The summed E-state index contributed by atoms with van der Waals surface area (Å²) in [5.41, 5.74) is 2.60. The maximum absolute atomic E-state index is 13.8. The van der Waals surface area contributed by atoms with Gasteiger partial charge >= 0.3 is 0 Å². The van der Waals surface area contributed by atoms with Gasteiger partial charge in [-0.05, 0) is 37.0 Å². The number of halogens is 1. The Kier molecular flexibility index (Phi) is 4.35. The number of methoxy groups -OCH3 is 1. The lowest BCUT2D eigenvalue weighted by Gasteiger charge is -2.08. The first-order valence-corrected chi connectivity index (χ1v) is 6.76. The van der Waals surface area contributed by atoms with Gasteiger partial charge in [0.25, 0.3) is 0 Å². The van der Waals surface area contributed by atoms with Gasteiger partial charge in [0.1, 0.15) is 0 Å². The van der Waals surface area contributed by atoms with E-state index >= 15 is 0 Å². The molecule has 0 fully saturated rings. The average Bonchev–Trinajstić information content (AvgIpc) is 2.77. The van der Waals surface area contributed by atoms with Crippen molar-refractivity contribution in [2.45, 2.75) is 39.0 Å². The molecular formula is C16H19FO2. The second kappa shape index (κ2) is 6.00. The summed E-state index contributed by atoms with van der Waals surface area (Å²) in [6.45, 7) is 2.13. The summed E-state index contributed by atoms with van der Waals surface area (Å²) >= 11 is 0. The zero-order valence-electron chi connectivity index (χ0n) is 11.5. The molecule has 1 aromatic carbocycles. The number of carbonyl (C=O) groups excluding carboxylic acids is 1. The van der Waals surface area contributed by atoms with E-state index in [4.69, 9.17) is 4.74 Å². The molecule has 1 aromatic rings. The van der Waals surface area contributed by atoms with E-state index in [1.165, 1.54) is 18.7 Å². The number of benzene rings is 1. The van der Waals surface area contributed by atoms with Crippen LogP contribution in [0, 0.1) is 5.82 Å². The molecule has 0 saturated heterocycles. The minimum Gasteiger partial charge on any atom is -0.494 e. The number of Topliss-reactive ketones (excluding diaryl/α,β-unsaturated/α-hetero) is 1. The van der Waals surface area contributed by atoms with Gasteiger partial charge in [0.05, 0.1) is 7.11 Å². The van der Waals surface area contributed by atoms with Crippen LogP contribution in [0.4, 0.5) is 4.39 Å². The van der Waals surface area contributed by atoms with Crippen LogP contribution in [-0.4, -0.2) is 12.9 Å². The molecule has 0 saturated carbocycles. The maximum atomic E-state index is 13.8. The Morgan fingerprint density at radius 2 is 2.11 bits per heavy atom. The Bertz CT molecular complexity index is 517. The van der Waals surface area contributed by atoms with E-state index in [0.717, 1.165) is 31.3 Å². The molecule has 3 heteroatoms. The second-order valence-electron chi connectivity index (χ2n) is 4.85. The zero-order valence-corrected chi connectivity index (χ0v) is 11.5. The summed E-state index contributed by atoms with van der Waals surface area (Å²) in [6, 6.07) is 4.76. The third-order valence-corrected chi connectivity index (χ3v) is 3.56. The predicted octanol–water partition coefficient (Wildman–Crippen LogP) is 4.14. The number of ketones is 1. The smallest absolute Gasteiger partial charge is 0.165 e. The highest BCUT2D eigenvalue weighted by Gasteiger charge is 2.24. The van der Waals surface area contributed by atoms with Gasteiger partial charge < -0.3 is 4.74 Å². The van der Waals surface area contributed by atoms with Crippen LogP contribution in [-0.2, 0) is 4.79 Å². The Labute approximate surface area is 113 Å². The van der Waals surface area contributed by atoms with E-state index in [0.29, 0.717) is 12.0 Å². The van der Waals surface area contributed by atoms with Crippen LogP contribution in [0.2, 0.25) is 0 Å². The number of ether oxygens (including phenoxy) is 1. The van der Waals surface area contributed by atoms with Gasteiger partial charge in [-0.15, -0.1) is 0 Å². The third kappa shape index (κ3) is 2.86. The van der Waals surface area contributed by atoms with Crippen LogP contribution < -0.4 is 4.74 Å². The number of carbonyl (C=O) groups is 1. The molecule has 0 bridgehead atoms. The van der Waals surface area contributed by atoms with Crippen LogP contribution in [0.3, 0.4) is 0 Å². The number of unbranched alkanes of at least 4 members (excludes halogenated alkanes) is 1. The highest BCUT2D eigenvalue weighted by molar-refractivity contribution is 6.23. The molecule has 0 unspecified atom stereocenters. The molecule has 0 amide bonds. The van der Waals surface area contributed by atoms with Gasteiger partial charge in [0.2, 0.25) is 0 Å². The second-order valence-corrected chi connectivity index (χ2v) is 4.85. The van der Waals surface area contributed by atoms with Gasteiger partial charge in [-0.25, -0.2) is 4.39 Å². The molecule has 1 aliphatic rings. The molecule has 0 N–H and O–H groups in total. The van der Waals surface area contributed by atoms with Crippen LogP contribution in [0.5, 0.6) is 5.75 Å². The molecule has 102 valence electrons. The number of hydrogen-bond acceptors (Lipinski definition) is 2. The Morgan fingerprint density at radius 3 is 2.74 bits per heavy atom. The lowest BCUT2D eigenvalue weighted by Crippen LogP contribution is -1.98. The molecule has 1 aliphatic carbocycles. The van der Waals surface area contributed by atoms with E-state index in [9.17, 15) is 9.18 Å². The van der Waals surface area contributed by atoms with Gasteiger partial charge in [-0.2, -0.15) is 0 Å². The summed E-state index contributed by atoms with van der Waals surface area (Å²) in [5, 5.41) is 0. The predicted molar refractivity (Wildman–Crippen MR) is 73.6 cm³/mol. The first-order valence-electron chi connectivity index (χ1n) is 6.76. The van der Waals surface area contributed by atoms with Gasteiger partial charge in [0.15, 0.2) is 17.3 Å². The SMILES string of the molecule is CCCCC1=C(c2ccc(OC)c(F)c2)C(=O)CC1. The molecule has 2 nitrogen and oxygen atoms in total. The van der Waals surface area contributed by atoms with E-state index in [-0.39, 0.29) is 11.5 Å². The monoisotopic (exact) mass is 262 g/mol. The molecule has 2 rings (SSSR count). The molecule has 0 atom stereocenters. The van der Waals surface area contributed by atoms with Gasteiger partial charge in [0, 0.05) is 12.0 Å². The van der Waals surface area contributed by atoms with Crippen LogP contribution >= 0.6 is 0 Å². The van der Waals surface area contributed by atoms with Crippen molar-refractivity contribution in [1.29, 1.82) is 0 Å². The largest absolute Gasteiger partial charge is 0.494 e. The molecule has 0 heterocycles. The van der Waals surface area contributed by atoms with E-state index in [1.54, 1.807) is 12.1 Å². The molecule has 0 spiro atoms. The van der Waals surface area contributed by atoms with Crippen molar-refractivity contribution in [1.82, 2.24) is 0 Å². The normalized spacial score (nSPS) is 15.2. The summed E-state index contributed by atoms with van der Waals surface area (Å²) in [7, 11) is 1.44. The highest BCUT2D eigenvalue weighted by Crippen LogP contribution is 2.35. The van der Waals surface area contributed by atoms with Crippen molar-refractivity contribution in [3.8, 4) is 5.75 Å². The quantitative estimate of drug-likeness (QED) is 0.797. The minimum atomic E-state index is -0.415. The van der Waals surface area contributed by atoms with Crippen molar-refractivity contribution in [3.63, 3.8) is 0 Å². The van der Waals surface area contributed by atoms with E-state index in [2.05, 4.69) is 6.92 Å². The third-order valence-electron chi connectivity index (χ3n) is 3.56. The standard InChI is InChI=1S/C16H19FO2/c1-3-4-5-11-6-8-14(18)16(11)12-7-9-15(19-2)13(17)10-12/h7,9-10H,3-6,8H2,1-2H3. The lowest BCUT2D eigenvalue weighted by molar-refractivity contribution is -0.113. The van der Waals surface area contributed by atoms with Crippen molar-refractivity contribution in [2.75, 3.05) is 7.11 Å². The maximum Gasteiger partial charge on any atom is 0.165 e. The number of hydrogen-bond donors (Lipinski definition) is 0. The first kappa shape index (κ1) is 13.8. The first-order chi connectivity index (χ1) is 9.17. The van der Waals surface area contributed by atoms with Crippen molar-refractivity contribution >= 4 is 11.4 Å². The minimum absolute atomic E-state index is 0.135. The highest BCUT2D eigenvalue weighted by atomic mass is 19.1. The summed E-state index contributed by atoms with van der Waals surface area (Å²) < 4.78 is 18.7. The van der Waals surface area contributed by atoms with Crippen LogP contribution in [0.25, 0.3) is 5.57 Å². The fourth-order valence-corrected chi connectivity index (χ4v) is 2.54. The van der Waals surface area contributed by atoms with Gasteiger partial charge in [-0.3, -0.25) is 4.79 Å². The lowest BCUT2D eigenvalue weighted by atomic mass is 9.98. The molecule has 19 heavy (non-hydrogen) atoms. The average molecular weight is 262 g/mol. The molecular weight excluding hydrogens is 243 g/mol. The molecule has 0 radical (unpaired) electrons. The summed E-state index contributed by atoms with van der Waals surface area (Å²) in [5.74, 6) is -0.0670. The Balaban J connectivity index is 2.36. The van der Waals surface area contributed by atoms with Crippen LogP contribution in [0.15, 0.2) is 23.8 Å². The van der Waals surface area contributed by atoms with E-state index < -0.39 is 5.82 Å². The fourth-order valence-electron chi connectivity index (χ4n) is 2.54. The number of rotatable bonds is 5. The summed E-state index contributed by atoms with van der Waals surface area (Å²) in [6.07, 6.45) is 4.49. The van der Waals surface area contributed by atoms with Crippen molar-refractivity contribution in [3.05, 3.63) is 35.2 Å². The zero-order chi connectivity index (χ0) is 13.8.